The van der Waals surface area contributed by atoms with Crippen LogP contribution in [0.25, 0.3) is 0 Å². The fraction of sp³-hybridized carbons (Fsp3) is 0.538. The predicted molar refractivity (Wildman–Crippen MR) is 60.8 cm³/mol. The molecule has 17 heavy (non-hydrogen) atoms. The Hall–Kier alpha value is -1.03. The summed E-state index contributed by atoms with van der Waals surface area (Å²) in [6, 6.07) is 3.87. The van der Waals surface area contributed by atoms with Gasteiger partial charge in [0, 0.05) is 0 Å². The molecular weight excluding hydrogens is 227 g/mol. The van der Waals surface area contributed by atoms with E-state index in [9.17, 15) is 13.2 Å². The highest BCUT2D eigenvalue weighted by molar-refractivity contribution is 5.37. The summed E-state index contributed by atoms with van der Waals surface area (Å²) in [6.45, 7) is 0. The fourth-order valence-electron chi connectivity index (χ4n) is 2.40. The molecule has 1 aliphatic carbocycles. The minimum atomic E-state index is -4.31. The number of aryl methyl sites for hydroxylation is 1. The van der Waals surface area contributed by atoms with Gasteiger partial charge in [-0.05, 0) is 48.8 Å². The first-order valence-electron chi connectivity index (χ1n) is 5.90. The number of hydrogen-bond acceptors (Lipinski definition) is 1. The van der Waals surface area contributed by atoms with Crippen molar-refractivity contribution in [3.63, 3.8) is 0 Å². The van der Waals surface area contributed by atoms with Crippen molar-refractivity contribution in [3.05, 3.63) is 34.9 Å². The summed E-state index contributed by atoms with van der Waals surface area (Å²) in [6.07, 6.45) is -0.363. The van der Waals surface area contributed by atoms with E-state index in [2.05, 4.69) is 0 Å². The van der Waals surface area contributed by atoms with Crippen molar-refractivity contribution in [2.45, 2.75) is 44.3 Å². The van der Waals surface area contributed by atoms with Gasteiger partial charge in [-0.25, -0.2) is 0 Å². The number of rotatable bonds is 2. The zero-order valence-corrected chi connectivity index (χ0v) is 9.56. The molecule has 2 rings (SSSR count). The Bertz CT molecular complexity index is 398. The summed E-state index contributed by atoms with van der Waals surface area (Å²) in [5.74, 6) is 0. The predicted octanol–water partition coefficient (Wildman–Crippen LogP) is 3.00. The molecule has 0 heterocycles. The average Bonchev–Trinajstić information content (AvgIpc) is 2.28. The Labute approximate surface area is 98.8 Å². The molecule has 1 nitrogen and oxygen atoms in total. The molecule has 1 aromatic rings. The summed E-state index contributed by atoms with van der Waals surface area (Å²) in [5, 5.41) is 0. The Morgan fingerprint density at radius 2 is 1.88 bits per heavy atom. The van der Waals surface area contributed by atoms with E-state index >= 15 is 0 Å². The zero-order valence-electron chi connectivity index (χ0n) is 9.56. The Balaban J connectivity index is 2.22. The number of halogens is 3. The van der Waals surface area contributed by atoms with Gasteiger partial charge >= 0.3 is 6.18 Å². The molecule has 0 saturated heterocycles. The Morgan fingerprint density at radius 3 is 2.59 bits per heavy atom. The van der Waals surface area contributed by atoms with Crippen LogP contribution < -0.4 is 5.73 Å². The minimum Gasteiger partial charge on any atom is -0.320 e. The van der Waals surface area contributed by atoms with Crippen molar-refractivity contribution in [3.8, 4) is 0 Å². The summed E-state index contributed by atoms with van der Waals surface area (Å²) >= 11 is 0. The quantitative estimate of drug-likeness (QED) is 0.849. The normalized spacial score (nSPS) is 17.6. The zero-order chi connectivity index (χ0) is 12.5. The van der Waals surface area contributed by atoms with Crippen molar-refractivity contribution in [2.75, 3.05) is 0 Å². The first-order valence-corrected chi connectivity index (χ1v) is 5.90. The molecule has 1 aromatic carbocycles. The maximum Gasteiger partial charge on any atom is 0.403 e. The van der Waals surface area contributed by atoms with Crippen LogP contribution in [0.5, 0.6) is 0 Å². The maximum atomic E-state index is 12.4. The number of benzene rings is 1. The smallest absolute Gasteiger partial charge is 0.320 e. The highest BCUT2D eigenvalue weighted by Gasteiger charge is 2.36. The first-order chi connectivity index (χ1) is 7.98. The highest BCUT2D eigenvalue weighted by atomic mass is 19.4. The number of alkyl halides is 3. The molecule has 1 unspecified atom stereocenters. The van der Waals surface area contributed by atoms with Gasteiger partial charge < -0.3 is 5.73 Å². The van der Waals surface area contributed by atoms with Crippen LogP contribution in [0.3, 0.4) is 0 Å². The van der Waals surface area contributed by atoms with Crippen LogP contribution in [0.1, 0.15) is 29.5 Å². The second-order valence-corrected chi connectivity index (χ2v) is 4.61. The second kappa shape index (κ2) is 4.69. The number of hydrogen-bond donors (Lipinski definition) is 1. The van der Waals surface area contributed by atoms with Gasteiger partial charge in [0.25, 0.3) is 0 Å². The van der Waals surface area contributed by atoms with Crippen LogP contribution in [-0.4, -0.2) is 12.2 Å². The molecule has 0 aromatic heterocycles. The molecule has 0 bridgehead atoms. The van der Waals surface area contributed by atoms with Crippen LogP contribution in [0.4, 0.5) is 13.2 Å². The number of fused-ring (bicyclic) bond motifs is 1. The molecule has 1 aliphatic rings. The van der Waals surface area contributed by atoms with E-state index in [4.69, 9.17) is 5.73 Å². The second-order valence-electron chi connectivity index (χ2n) is 4.61. The summed E-state index contributed by atoms with van der Waals surface area (Å²) in [5.41, 5.74) is 8.25. The van der Waals surface area contributed by atoms with Crippen LogP contribution >= 0.6 is 0 Å². The van der Waals surface area contributed by atoms with Crippen LogP contribution in [-0.2, 0) is 19.3 Å². The Kier molecular flexibility index (Phi) is 3.43. The minimum absolute atomic E-state index is 0.104. The lowest BCUT2D eigenvalue weighted by Gasteiger charge is -2.22. The van der Waals surface area contributed by atoms with E-state index in [0.29, 0.717) is 0 Å². The van der Waals surface area contributed by atoms with Gasteiger partial charge in [-0.15, -0.1) is 0 Å². The maximum absolute atomic E-state index is 12.4. The first kappa shape index (κ1) is 12.4. The fourth-order valence-corrected chi connectivity index (χ4v) is 2.40. The van der Waals surface area contributed by atoms with Gasteiger partial charge in [0.05, 0.1) is 0 Å². The molecule has 94 valence electrons. The molecule has 0 aliphatic heterocycles. The van der Waals surface area contributed by atoms with E-state index in [1.54, 1.807) is 6.07 Å². The lowest BCUT2D eigenvalue weighted by molar-refractivity contribution is -0.147. The SMILES string of the molecule is NC(Cc1cccc2c1CCCC2)C(F)(F)F. The summed E-state index contributed by atoms with van der Waals surface area (Å²) in [4.78, 5) is 0. The van der Waals surface area contributed by atoms with E-state index < -0.39 is 12.2 Å². The molecule has 1 atom stereocenters. The van der Waals surface area contributed by atoms with E-state index in [0.717, 1.165) is 36.8 Å². The molecule has 0 saturated carbocycles. The van der Waals surface area contributed by atoms with Gasteiger partial charge in [-0.3, -0.25) is 0 Å². The van der Waals surface area contributed by atoms with E-state index in [1.165, 1.54) is 5.56 Å². The molecule has 0 amide bonds. The molecule has 4 heteroatoms. The average molecular weight is 243 g/mol. The number of nitrogens with two attached hydrogens (primary N) is 1. The van der Waals surface area contributed by atoms with Gasteiger partial charge in [0.15, 0.2) is 0 Å². The van der Waals surface area contributed by atoms with Gasteiger partial charge in [-0.1, -0.05) is 18.2 Å². The summed E-state index contributed by atoms with van der Waals surface area (Å²) in [7, 11) is 0. The van der Waals surface area contributed by atoms with Gasteiger partial charge in [-0.2, -0.15) is 13.2 Å². The lowest BCUT2D eigenvalue weighted by Crippen LogP contribution is -2.39. The molecule has 0 radical (unpaired) electrons. The molecule has 0 spiro atoms. The van der Waals surface area contributed by atoms with E-state index in [-0.39, 0.29) is 6.42 Å². The van der Waals surface area contributed by atoms with Gasteiger partial charge in [0.2, 0.25) is 0 Å². The molecule has 0 fully saturated rings. The van der Waals surface area contributed by atoms with Crippen molar-refractivity contribution in [1.82, 2.24) is 0 Å². The largest absolute Gasteiger partial charge is 0.403 e. The highest BCUT2D eigenvalue weighted by Crippen LogP contribution is 2.28. The third kappa shape index (κ3) is 2.80. The summed E-state index contributed by atoms with van der Waals surface area (Å²) < 4.78 is 37.3. The van der Waals surface area contributed by atoms with Crippen molar-refractivity contribution in [1.29, 1.82) is 0 Å². The third-order valence-electron chi connectivity index (χ3n) is 3.35. The monoisotopic (exact) mass is 243 g/mol. The van der Waals surface area contributed by atoms with E-state index in [1.807, 2.05) is 12.1 Å². The standard InChI is InChI=1S/C13H16F3N/c14-13(15,16)12(17)8-10-6-3-5-9-4-1-2-7-11(9)10/h3,5-6,12H,1-2,4,7-8,17H2. The van der Waals surface area contributed by atoms with Crippen molar-refractivity contribution < 1.29 is 13.2 Å². The van der Waals surface area contributed by atoms with Crippen LogP contribution in [0.2, 0.25) is 0 Å². The topological polar surface area (TPSA) is 26.0 Å². The van der Waals surface area contributed by atoms with Crippen molar-refractivity contribution in [2.24, 2.45) is 5.73 Å². The van der Waals surface area contributed by atoms with Gasteiger partial charge in [0.1, 0.15) is 6.04 Å². The Morgan fingerprint density at radius 1 is 1.18 bits per heavy atom. The van der Waals surface area contributed by atoms with Crippen LogP contribution in [0.15, 0.2) is 18.2 Å². The lowest BCUT2D eigenvalue weighted by atomic mass is 9.86. The van der Waals surface area contributed by atoms with Crippen molar-refractivity contribution >= 4 is 0 Å². The van der Waals surface area contributed by atoms with Crippen LogP contribution in [0, 0.1) is 0 Å². The third-order valence-corrected chi connectivity index (χ3v) is 3.35. The molecular formula is C13H16F3N. The molecule has 2 N–H and O–H groups in total.